The highest BCUT2D eigenvalue weighted by Crippen LogP contribution is 2.24. The van der Waals surface area contributed by atoms with Gasteiger partial charge in [0.25, 0.3) is 5.56 Å². The van der Waals surface area contributed by atoms with Crippen molar-refractivity contribution in [3.8, 4) is 0 Å². The average Bonchev–Trinajstić information content (AvgIpc) is 3.32. The molecular formula is C17H16N4O3S. The van der Waals surface area contributed by atoms with Crippen molar-refractivity contribution in [2.45, 2.75) is 26.4 Å². The molecule has 8 heteroatoms. The molecule has 4 aromatic heterocycles. The monoisotopic (exact) mass is 356 g/mol. The van der Waals surface area contributed by atoms with Crippen molar-refractivity contribution in [3.63, 3.8) is 0 Å². The van der Waals surface area contributed by atoms with E-state index in [-0.39, 0.29) is 24.6 Å². The Balaban J connectivity index is 1.66. The number of fused-ring (bicyclic) bond motifs is 3. The molecule has 0 aliphatic carbocycles. The van der Waals surface area contributed by atoms with Crippen molar-refractivity contribution in [2.24, 2.45) is 0 Å². The van der Waals surface area contributed by atoms with Crippen LogP contribution in [0.1, 0.15) is 18.5 Å². The van der Waals surface area contributed by atoms with Gasteiger partial charge in [0.1, 0.15) is 28.5 Å². The third kappa shape index (κ3) is 2.74. The molecule has 7 nitrogen and oxygen atoms in total. The van der Waals surface area contributed by atoms with E-state index in [1.807, 2.05) is 28.8 Å². The van der Waals surface area contributed by atoms with Gasteiger partial charge in [0.05, 0.1) is 12.8 Å². The summed E-state index contributed by atoms with van der Waals surface area (Å²) in [5.41, 5.74) is 0.279. The van der Waals surface area contributed by atoms with Crippen molar-refractivity contribution in [2.75, 3.05) is 0 Å². The lowest BCUT2D eigenvalue weighted by atomic mass is 10.4. The van der Waals surface area contributed by atoms with Gasteiger partial charge in [0.2, 0.25) is 5.91 Å². The predicted molar refractivity (Wildman–Crippen MR) is 94.8 cm³/mol. The molecule has 0 unspecified atom stereocenters. The summed E-state index contributed by atoms with van der Waals surface area (Å²) < 4.78 is 8.30. The molecule has 0 bridgehead atoms. The van der Waals surface area contributed by atoms with Crippen molar-refractivity contribution in [1.29, 1.82) is 0 Å². The quantitative estimate of drug-likeness (QED) is 0.594. The molecule has 0 aliphatic heterocycles. The van der Waals surface area contributed by atoms with Crippen LogP contribution in [0.25, 0.3) is 15.7 Å². The number of aromatic nitrogens is 3. The van der Waals surface area contributed by atoms with Gasteiger partial charge in [-0.3, -0.25) is 14.0 Å². The number of hydrogen-bond donors (Lipinski definition) is 1. The second-order valence-electron chi connectivity index (χ2n) is 5.63. The van der Waals surface area contributed by atoms with Crippen molar-refractivity contribution in [1.82, 2.24) is 19.5 Å². The third-order valence-corrected chi connectivity index (χ3v) is 4.92. The Labute approximate surface area is 146 Å². The number of carbonyl (C=O) groups is 1. The molecule has 0 aromatic carbocycles. The number of nitrogens with zero attached hydrogens (tertiary/aromatic N) is 3. The number of aryl methyl sites for hydroxylation is 1. The zero-order valence-corrected chi connectivity index (χ0v) is 14.4. The number of hydrogen-bond acceptors (Lipinski definition) is 5. The highest BCUT2D eigenvalue weighted by molar-refractivity contribution is 7.16. The molecule has 0 saturated heterocycles. The summed E-state index contributed by atoms with van der Waals surface area (Å²) in [7, 11) is 0. The standard InChI is InChI=1S/C17H16N4O3S/c1-2-14-19-20(10-15(22)18-9-12-4-3-6-24-12)16(23)13-8-11-5-7-25-17(11)21(13)14/h3-8H,2,9-10H2,1H3,(H,18,22). The van der Waals surface area contributed by atoms with Gasteiger partial charge in [-0.25, -0.2) is 4.68 Å². The average molecular weight is 356 g/mol. The van der Waals surface area contributed by atoms with Crippen LogP contribution in [0.5, 0.6) is 0 Å². The van der Waals surface area contributed by atoms with E-state index in [4.69, 9.17) is 4.42 Å². The molecule has 0 spiro atoms. The minimum Gasteiger partial charge on any atom is -0.467 e. The Morgan fingerprint density at radius 1 is 1.40 bits per heavy atom. The van der Waals surface area contributed by atoms with Crippen LogP contribution in [0, 0.1) is 0 Å². The summed E-state index contributed by atoms with van der Waals surface area (Å²) in [4.78, 5) is 25.9. The first kappa shape index (κ1) is 15.6. The maximum Gasteiger partial charge on any atom is 0.291 e. The minimum absolute atomic E-state index is 0.123. The van der Waals surface area contributed by atoms with E-state index in [1.54, 1.807) is 29.7 Å². The predicted octanol–water partition coefficient (Wildman–Crippen LogP) is 2.18. The van der Waals surface area contributed by atoms with Crippen LogP contribution in [0.15, 0.2) is 45.1 Å². The zero-order chi connectivity index (χ0) is 17.4. The summed E-state index contributed by atoms with van der Waals surface area (Å²) in [5, 5.41) is 10.1. The Morgan fingerprint density at radius 2 is 2.28 bits per heavy atom. The molecule has 4 rings (SSSR count). The van der Waals surface area contributed by atoms with Crippen molar-refractivity contribution < 1.29 is 9.21 Å². The van der Waals surface area contributed by atoms with Crippen LogP contribution in [0.4, 0.5) is 0 Å². The highest BCUT2D eigenvalue weighted by Gasteiger charge is 2.16. The van der Waals surface area contributed by atoms with Gasteiger partial charge in [0, 0.05) is 11.8 Å². The number of rotatable bonds is 5. The van der Waals surface area contributed by atoms with E-state index in [0.29, 0.717) is 17.7 Å². The van der Waals surface area contributed by atoms with Crippen molar-refractivity contribution in [3.05, 3.63) is 57.8 Å². The number of nitrogens with one attached hydrogen (secondary N) is 1. The molecule has 25 heavy (non-hydrogen) atoms. The topological polar surface area (TPSA) is 81.5 Å². The van der Waals surface area contributed by atoms with Gasteiger partial charge in [-0.2, -0.15) is 5.10 Å². The smallest absolute Gasteiger partial charge is 0.291 e. The van der Waals surface area contributed by atoms with Gasteiger partial charge < -0.3 is 9.73 Å². The summed E-state index contributed by atoms with van der Waals surface area (Å²) in [6, 6.07) is 7.37. The minimum atomic E-state index is -0.286. The first-order valence-corrected chi connectivity index (χ1v) is 8.83. The Kier molecular flexibility index (Phi) is 3.89. The lowest BCUT2D eigenvalue weighted by Gasteiger charge is -2.09. The number of carbonyl (C=O) groups excluding carboxylic acids is 1. The second-order valence-corrected chi connectivity index (χ2v) is 6.53. The lowest BCUT2D eigenvalue weighted by Crippen LogP contribution is -2.34. The molecule has 1 N–H and O–H groups in total. The molecule has 0 aliphatic rings. The van der Waals surface area contributed by atoms with E-state index >= 15 is 0 Å². The SMILES string of the molecule is CCc1nn(CC(=O)NCc2ccco2)c(=O)c2cc3ccsc3n12. The number of furan rings is 1. The molecule has 0 fully saturated rings. The summed E-state index contributed by atoms with van der Waals surface area (Å²) in [5.74, 6) is 1.13. The largest absolute Gasteiger partial charge is 0.467 e. The van der Waals surface area contributed by atoms with Gasteiger partial charge in [-0.05, 0) is 29.6 Å². The van der Waals surface area contributed by atoms with E-state index < -0.39 is 0 Å². The van der Waals surface area contributed by atoms with Crippen LogP contribution < -0.4 is 10.9 Å². The third-order valence-electron chi connectivity index (χ3n) is 4.01. The normalized spacial score (nSPS) is 11.4. The Bertz CT molecular complexity index is 1100. The first-order valence-electron chi connectivity index (χ1n) is 7.95. The zero-order valence-electron chi connectivity index (χ0n) is 13.6. The maximum absolute atomic E-state index is 12.7. The van der Waals surface area contributed by atoms with E-state index in [9.17, 15) is 9.59 Å². The molecule has 1 amide bonds. The number of amides is 1. The fourth-order valence-corrected chi connectivity index (χ4v) is 3.74. The summed E-state index contributed by atoms with van der Waals surface area (Å²) >= 11 is 1.57. The van der Waals surface area contributed by atoms with Gasteiger partial charge in [0.15, 0.2) is 0 Å². The molecule has 0 atom stereocenters. The molecule has 4 heterocycles. The van der Waals surface area contributed by atoms with E-state index in [1.165, 1.54) is 4.68 Å². The Hall–Kier alpha value is -2.87. The lowest BCUT2D eigenvalue weighted by molar-refractivity contribution is -0.122. The van der Waals surface area contributed by atoms with E-state index in [0.717, 1.165) is 16.0 Å². The van der Waals surface area contributed by atoms with Crippen LogP contribution >= 0.6 is 11.3 Å². The molecule has 0 saturated carbocycles. The Morgan fingerprint density at radius 3 is 3.04 bits per heavy atom. The molecule has 128 valence electrons. The van der Waals surface area contributed by atoms with Crippen molar-refractivity contribution >= 4 is 33.0 Å². The first-order chi connectivity index (χ1) is 12.2. The molecule has 0 radical (unpaired) electrons. The molecule has 4 aromatic rings. The van der Waals surface area contributed by atoms with Gasteiger partial charge in [-0.15, -0.1) is 11.3 Å². The van der Waals surface area contributed by atoms with E-state index in [2.05, 4.69) is 10.4 Å². The number of thiophene rings is 1. The highest BCUT2D eigenvalue weighted by atomic mass is 32.1. The van der Waals surface area contributed by atoms with Crippen LogP contribution in [0.3, 0.4) is 0 Å². The fourth-order valence-electron chi connectivity index (χ4n) is 2.83. The summed E-state index contributed by atoms with van der Waals surface area (Å²) in [6.45, 7) is 2.14. The van der Waals surface area contributed by atoms with Gasteiger partial charge >= 0.3 is 0 Å². The second kappa shape index (κ2) is 6.21. The fraction of sp³-hybridized carbons (Fsp3) is 0.235. The maximum atomic E-state index is 12.7. The summed E-state index contributed by atoms with van der Waals surface area (Å²) in [6.07, 6.45) is 2.21. The molecular weight excluding hydrogens is 340 g/mol. The van der Waals surface area contributed by atoms with Crippen LogP contribution in [0.2, 0.25) is 0 Å². The van der Waals surface area contributed by atoms with Crippen LogP contribution in [-0.4, -0.2) is 20.1 Å². The van der Waals surface area contributed by atoms with Gasteiger partial charge in [-0.1, -0.05) is 6.92 Å². The van der Waals surface area contributed by atoms with Crippen LogP contribution in [-0.2, 0) is 24.3 Å².